The summed E-state index contributed by atoms with van der Waals surface area (Å²) in [4.78, 5) is 12.2. The van der Waals surface area contributed by atoms with E-state index in [9.17, 15) is 4.79 Å². The van der Waals surface area contributed by atoms with Crippen molar-refractivity contribution < 1.29 is 14.3 Å². The number of nitrogens with zero attached hydrogens (tertiary/aromatic N) is 2. The molecule has 0 bridgehead atoms. The molecule has 23 heavy (non-hydrogen) atoms. The van der Waals surface area contributed by atoms with E-state index in [-0.39, 0.29) is 12.1 Å². The van der Waals surface area contributed by atoms with E-state index in [2.05, 4.69) is 15.7 Å². The third-order valence-corrected chi connectivity index (χ3v) is 3.52. The number of urea groups is 1. The number of rotatable bonds is 5. The highest BCUT2D eigenvalue weighted by atomic mass is 16.5. The normalized spacial score (nSPS) is 11.7. The Morgan fingerprint density at radius 1 is 1.30 bits per heavy atom. The minimum Gasteiger partial charge on any atom is -0.497 e. The maximum atomic E-state index is 12.2. The van der Waals surface area contributed by atoms with E-state index in [1.54, 1.807) is 37.1 Å². The molecule has 2 N–H and O–H groups in total. The highest BCUT2D eigenvalue weighted by Gasteiger charge is 2.15. The Morgan fingerprint density at radius 2 is 2.04 bits per heavy atom. The summed E-state index contributed by atoms with van der Waals surface area (Å²) in [5.74, 6) is 1.20. The van der Waals surface area contributed by atoms with Gasteiger partial charge in [-0.3, -0.25) is 4.68 Å². The van der Waals surface area contributed by atoms with Crippen LogP contribution < -0.4 is 20.1 Å². The van der Waals surface area contributed by atoms with Crippen LogP contribution in [0.2, 0.25) is 0 Å². The molecule has 1 heterocycles. The summed E-state index contributed by atoms with van der Waals surface area (Å²) < 4.78 is 12.1. The number of aromatic nitrogens is 2. The van der Waals surface area contributed by atoms with Crippen LogP contribution in [-0.2, 0) is 7.05 Å². The molecule has 0 fully saturated rings. The Hall–Kier alpha value is -2.70. The third-order valence-electron chi connectivity index (χ3n) is 3.52. The maximum absolute atomic E-state index is 12.2. The average molecular weight is 318 g/mol. The van der Waals surface area contributed by atoms with E-state index in [0.717, 1.165) is 11.3 Å². The van der Waals surface area contributed by atoms with Gasteiger partial charge in [0, 0.05) is 24.9 Å². The molecule has 1 aromatic carbocycles. The SMILES string of the molecule is COc1ccc(OC)c(NC(=O)N[C@H](C)c2cn(C)nc2C)c1. The first-order valence-corrected chi connectivity index (χ1v) is 7.24. The van der Waals surface area contributed by atoms with Gasteiger partial charge in [0.15, 0.2) is 0 Å². The van der Waals surface area contributed by atoms with Crippen molar-refractivity contribution in [3.8, 4) is 11.5 Å². The Morgan fingerprint density at radius 3 is 2.61 bits per heavy atom. The molecule has 0 aliphatic rings. The van der Waals surface area contributed by atoms with Crippen molar-refractivity contribution >= 4 is 11.7 Å². The Bertz CT molecular complexity index is 697. The van der Waals surface area contributed by atoms with E-state index in [4.69, 9.17) is 9.47 Å². The van der Waals surface area contributed by atoms with Crippen molar-refractivity contribution in [2.75, 3.05) is 19.5 Å². The third kappa shape index (κ3) is 3.94. The van der Waals surface area contributed by atoms with E-state index in [1.807, 2.05) is 27.1 Å². The quantitative estimate of drug-likeness (QED) is 0.888. The second-order valence-electron chi connectivity index (χ2n) is 5.23. The zero-order valence-electron chi connectivity index (χ0n) is 14.0. The van der Waals surface area contributed by atoms with Gasteiger partial charge in [-0.25, -0.2) is 4.79 Å². The highest BCUT2D eigenvalue weighted by Crippen LogP contribution is 2.29. The van der Waals surface area contributed by atoms with E-state index in [1.165, 1.54) is 0 Å². The Kier molecular flexibility index (Phi) is 5.10. The van der Waals surface area contributed by atoms with E-state index < -0.39 is 0 Å². The van der Waals surface area contributed by atoms with Crippen LogP contribution in [0.1, 0.15) is 24.2 Å². The van der Waals surface area contributed by atoms with Crippen LogP contribution in [-0.4, -0.2) is 30.0 Å². The summed E-state index contributed by atoms with van der Waals surface area (Å²) in [6, 6.07) is 4.72. The fraction of sp³-hybridized carbons (Fsp3) is 0.375. The molecular formula is C16H22N4O3. The number of hydrogen-bond acceptors (Lipinski definition) is 4. The number of benzene rings is 1. The number of aryl methyl sites for hydroxylation is 2. The molecule has 0 saturated carbocycles. The second-order valence-corrected chi connectivity index (χ2v) is 5.23. The minimum absolute atomic E-state index is 0.166. The lowest BCUT2D eigenvalue weighted by atomic mass is 10.1. The topological polar surface area (TPSA) is 77.4 Å². The molecule has 1 atom stereocenters. The lowest BCUT2D eigenvalue weighted by molar-refractivity contribution is 0.249. The molecule has 0 aliphatic heterocycles. The van der Waals surface area contributed by atoms with Gasteiger partial charge in [0.05, 0.1) is 31.6 Å². The largest absolute Gasteiger partial charge is 0.497 e. The van der Waals surface area contributed by atoms with Gasteiger partial charge in [0.25, 0.3) is 0 Å². The predicted octanol–water partition coefficient (Wildman–Crippen LogP) is 2.63. The molecule has 124 valence electrons. The van der Waals surface area contributed by atoms with Gasteiger partial charge in [0.1, 0.15) is 11.5 Å². The van der Waals surface area contributed by atoms with Crippen molar-refractivity contribution in [3.05, 3.63) is 35.7 Å². The van der Waals surface area contributed by atoms with Crippen LogP contribution in [0.15, 0.2) is 24.4 Å². The van der Waals surface area contributed by atoms with E-state index in [0.29, 0.717) is 17.2 Å². The van der Waals surface area contributed by atoms with Crippen LogP contribution >= 0.6 is 0 Å². The number of ether oxygens (including phenoxy) is 2. The molecule has 2 amide bonds. The molecule has 7 heteroatoms. The first-order chi connectivity index (χ1) is 10.9. The molecule has 0 radical (unpaired) electrons. The molecule has 0 aliphatic carbocycles. The number of carbonyl (C=O) groups is 1. The molecule has 0 saturated heterocycles. The molecule has 0 spiro atoms. The van der Waals surface area contributed by atoms with Crippen LogP contribution in [0, 0.1) is 6.92 Å². The zero-order valence-corrected chi connectivity index (χ0v) is 14.0. The van der Waals surface area contributed by atoms with Gasteiger partial charge in [-0.2, -0.15) is 5.10 Å². The standard InChI is InChI=1S/C16H22N4O3/c1-10(13-9-20(3)19-11(13)2)17-16(21)18-14-8-12(22-4)6-7-15(14)23-5/h6-10H,1-5H3,(H2,17,18,21)/t10-/m1/s1. The molecular weight excluding hydrogens is 296 g/mol. The van der Waals surface area contributed by atoms with Crippen molar-refractivity contribution in [1.29, 1.82) is 0 Å². The summed E-state index contributed by atoms with van der Waals surface area (Å²) in [6.07, 6.45) is 1.90. The van der Waals surface area contributed by atoms with Gasteiger partial charge in [-0.1, -0.05) is 0 Å². The smallest absolute Gasteiger partial charge is 0.319 e. The summed E-state index contributed by atoms with van der Waals surface area (Å²) in [7, 11) is 4.97. The monoisotopic (exact) mass is 318 g/mol. The number of anilines is 1. The van der Waals surface area contributed by atoms with Crippen molar-refractivity contribution in [2.45, 2.75) is 19.9 Å². The van der Waals surface area contributed by atoms with Crippen molar-refractivity contribution in [2.24, 2.45) is 7.05 Å². The zero-order chi connectivity index (χ0) is 17.0. The average Bonchev–Trinajstić information content (AvgIpc) is 2.85. The summed E-state index contributed by atoms with van der Waals surface area (Å²) in [5.41, 5.74) is 2.40. The number of hydrogen-bond donors (Lipinski definition) is 2. The molecule has 7 nitrogen and oxygen atoms in total. The van der Waals surface area contributed by atoms with Gasteiger partial charge in [0.2, 0.25) is 0 Å². The van der Waals surface area contributed by atoms with Gasteiger partial charge in [-0.05, 0) is 26.0 Å². The van der Waals surface area contributed by atoms with Crippen LogP contribution in [0.25, 0.3) is 0 Å². The first-order valence-electron chi connectivity index (χ1n) is 7.24. The molecule has 2 aromatic rings. The van der Waals surface area contributed by atoms with Crippen LogP contribution in [0.4, 0.5) is 10.5 Å². The lowest BCUT2D eigenvalue weighted by Gasteiger charge is -2.16. The first kappa shape index (κ1) is 16.7. The highest BCUT2D eigenvalue weighted by molar-refractivity contribution is 5.91. The summed E-state index contributed by atoms with van der Waals surface area (Å²) >= 11 is 0. The summed E-state index contributed by atoms with van der Waals surface area (Å²) in [6.45, 7) is 3.82. The van der Waals surface area contributed by atoms with Crippen LogP contribution in [0.5, 0.6) is 11.5 Å². The van der Waals surface area contributed by atoms with Crippen LogP contribution in [0.3, 0.4) is 0 Å². The Labute approximate surface area is 135 Å². The Balaban J connectivity index is 2.09. The molecule has 1 aromatic heterocycles. The van der Waals surface area contributed by atoms with Crippen molar-refractivity contribution in [3.63, 3.8) is 0 Å². The number of nitrogens with one attached hydrogen (secondary N) is 2. The fourth-order valence-electron chi connectivity index (χ4n) is 2.39. The minimum atomic E-state index is -0.327. The van der Waals surface area contributed by atoms with Gasteiger partial charge in [-0.15, -0.1) is 0 Å². The maximum Gasteiger partial charge on any atom is 0.319 e. The molecule has 2 rings (SSSR count). The number of methoxy groups -OCH3 is 2. The molecule has 0 unspecified atom stereocenters. The lowest BCUT2D eigenvalue weighted by Crippen LogP contribution is -2.31. The number of amides is 2. The van der Waals surface area contributed by atoms with Gasteiger partial charge >= 0.3 is 6.03 Å². The van der Waals surface area contributed by atoms with E-state index >= 15 is 0 Å². The number of carbonyl (C=O) groups excluding carboxylic acids is 1. The van der Waals surface area contributed by atoms with Gasteiger partial charge < -0.3 is 20.1 Å². The second kappa shape index (κ2) is 7.04. The predicted molar refractivity (Wildman–Crippen MR) is 88.1 cm³/mol. The fourth-order valence-corrected chi connectivity index (χ4v) is 2.39. The van der Waals surface area contributed by atoms with Crippen molar-refractivity contribution in [1.82, 2.24) is 15.1 Å². The summed E-state index contributed by atoms with van der Waals surface area (Å²) in [5, 5.41) is 9.95.